The van der Waals surface area contributed by atoms with E-state index in [1.165, 1.54) is 5.56 Å². The number of nitrogens with two attached hydrogens (primary N) is 2. The number of rotatable bonds is 5. The van der Waals surface area contributed by atoms with Gasteiger partial charge in [-0.3, -0.25) is 4.90 Å². The van der Waals surface area contributed by atoms with Crippen LogP contribution in [0.1, 0.15) is 11.3 Å². The number of likely N-dealkylation sites (N-methyl/N-ethyl adjacent to an activating group) is 1. The van der Waals surface area contributed by atoms with E-state index in [4.69, 9.17) is 15.9 Å². The molecule has 22 heavy (non-hydrogen) atoms. The molecule has 0 amide bonds. The predicted molar refractivity (Wildman–Crippen MR) is 91.5 cm³/mol. The van der Waals surface area contributed by atoms with Crippen molar-refractivity contribution >= 4 is 22.3 Å². The SMILES string of the molecule is CN(CCc1ccc(N)cc1)Cc1cc2cc(N)ccc2o1. The number of nitrogens with zero attached hydrogens (tertiary/aromatic N) is 1. The van der Waals surface area contributed by atoms with Crippen LogP contribution in [0.5, 0.6) is 0 Å². The number of hydrogen-bond acceptors (Lipinski definition) is 4. The standard InChI is InChI=1S/C18H21N3O/c1-21(9-8-13-2-4-15(19)5-3-13)12-17-11-14-10-16(20)6-7-18(14)22-17/h2-7,10-11H,8-9,12,19-20H2,1H3. The third-order valence-electron chi connectivity index (χ3n) is 3.78. The molecule has 1 aromatic heterocycles. The molecule has 4 nitrogen and oxygen atoms in total. The summed E-state index contributed by atoms with van der Waals surface area (Å²) < 4.78 is 5.85. The number of nitrogen functional groups attached to an aromatic ring is 2. The zero-order chi connectivity index (χ0) is 15.5. The first-order valence-electron chi connectivity index (χ1n) is 7.41. The monoisotopic (exact) mass is 295 g/mol. The molecule has 0 saturated heterocycles. The lowest BCUT2D eigenvalue weighted by atomic mass is 10.1. The van der Waals surface area contributed by atoms with E-state index in [0.717, 1.165) is 47.6 Å². The molecule has 0 radical (unpaired) electrons. The van der Waals surface area contributed by atoms with Gasteiger partial charge in [-0.15, -0.1) is 0 Å². The summed E-state index contributed by atoms with van der Waals surface area (Å²) in [6.45, 7) is 1.74. The second kappa shape index (κ2) is 6.12. The van der Waals surface area contributed by atoms with E-state index < -0.39 is 0 Å². The van der Waals surface area contributed by atoms with Crippen LogP contribution in [0.4, 0.5) is 11.4 Å². The molecule has 0 aliphatic heterocycles. The molecule has 0 fully saturated rings. The highest BCUT2D eigenvalue weighted by molar-refractivity contribution is 5.81. The fraction of sp³-hybridized carbons (Fsp3) is 0.222. The first-order valence-corrected chi connectivity index (χ1v) is 7.41. The Kier molecular flexibility index (Phi) is 4.02. The van der Waals surface area contributed by atoms with Gasteiger partial charge in [0, 0.05) is 23.3 Å². The van der Waals surface area contributed by atoms with Crippen LogP contribution in [0.15, 0.2) is 52.9 Å². The Bertz CT molecular complexity index is 762. The lowest BCUT2D eigenvalue weighted by Crippen LogP contribution is -2.20. The normalized spacial score (nSPS) is 11.4. The Morgan fingerprint density at radius 2 is 1.68 bits per heavy atom. The van der Waals surface area contributed by atoms with Crippen LogP contribution < -0.4 is 11.5 Å². The number of benzene rings is 2. The van der Waals surface area contributed by atoms with Crippen LogP contribution in [0, 0.1) is 0 Å². The van der Waals surface area contributed by atoms with E-state index in [1.807, 2.05) is 30.3 Å². The summed E-state index contributed by atoms with van der Waals surface area (Å²) in [6.07, 6.45) is 0.990. The Balaban J connectivity index is 1.60. The van der Waals surface area contributed by atoms with Gasteiger partial charge in [-0.05, 0) is 55.4 Å². The molecular formula is C18H21N3O. The van der Waals surface area contributed by atoms with Crippen molar-refractivity contribution in [2.75, 3.05) is 25.1 Å². The maximum atomic E-state index is 5.85. The summed E-state index contributed by atoms with van der Waals surface area (Å²) >= 11 is 0. The van der Waals surface area contributed by atoms with Crippen LogP contribution in [-0.4, -0.2) is 18.5 Å². The minimum atomic E-state index is 0.761. The number of anilines is 2. The highest BCUT2D eigenvalue weighted by atomic mass is 16.3. The minimum Gasteiger partial charge on any atom is -0.460 e. The van der Waals surface area contributed by atoms with E-state index in [0.29, 0.717) is 0 Å². The van der Waals surface area contributed by atoms with E-state index >= 15 is 0 Å². The summed E-state index contributed by atoms with van der Waals surface area (Å²) in [6, 6.07) is 15.8. The lowest BCUT2D eigenvalue weighted by Gasteiger charge is -2.14. The summed E-state index contributed by atoms with van der Waals surface area (Å²) in [5, 5.41) is 1.06. The molecule has 4 N–H and O–H groups in total. The molecule has 0 bridgehead atoms. The first kappa shape index (κ1) is 14.5. The van der Waals surface area contributed by atoms with Gasteiger partial charge in [0.2, 0.25) is 0 Å². The molecule has 0 spiro atoms. The molecule has 0 saturated carbocycles. The van der Waals surface area contributed by atoms with Gasteiger partial charge >= 0.3 is 0 Å². The second-order valence-corrected chi connectivity index (χ2v) is 5.74. The van der Waals surface area contributed by atoms with E-state index in [-0.39, 0.29) is 0 Å². The second-order valence-electron chi connectivity index (χ2n) is 5.74. The number of furan rings is 1. The molecular weight excluding hydrogens is 274 g/mol. The Morgan fingerprint density at radius 1 is 0.955 bits per heavy atom. The smallest absolute Gasteiger partial charge is 0.134 e. The molecule has 0 aliphatic carbocycles. The van der Waals surface area contributed by atoms with Crippen molar-refractivity contribution < 1.29 is 4.42 Å². The van der Waals surface area contributed by atoms with Gasteiger partial charge in [-0.2, -0.15) is 0 Å². The quantitative estimate of drug-likeness (QED) is 0.709. The molecule has 0 aliphatic rings. The van der Waals surface area contributed by atoms with Crippen molar-refractivity contribution in [3.63, 3.8) is 0 Å². The van der Waals surface area contributed by atoms with E-state index in [9.17, 15) is 0 Å². The van der Waals surface area contributed by atoms with E-state index in [1.54, 1.807) is 0 Å². The molecule has 0 unspecified atom stereocenters. The van der Waals surface area contributed by atoms with E-state index in [2.05, 4.69) is 30.1 Å². The zero-order valence-corrected chi connectivity index (χ0v) is 12.8. The maximum absolute atomic E-state index is 5.85. The van der Waals surface area contributed by atoms with Crippen LogP contribution in [0.25, 0.3) is 11.0 Å². The fourth-order valence-corrected chi connectivity index (χ4v) is 2.54. The van der Waals surface area contributed by atoms with Gasteiger partial charge in [-0.1, -0.05) is 12.1 Å². The number of hydrogen-bond donors (Lipinski definition) is 2. The largest absolute Gasteiger partial charge is 0.460 e. The van der Waals surface area contributed by atoms with Crippen molar-refractivity contribution in [3.8, 4) is 0 Å². The molecule has 114 valence electrons. The van der Waals surface area contributed by atoms with Gasteiger partial charge < -0.3 is 15.9 Å². The van der Waals surface area contributed by atoms with Crippen LogP contribution in [0.2, 0.25) is 0 Å². The zero-order valence-electron chi connectivity index (χ0n) is 12.8. The molecule has 4 heteroatoms. The van der Waals surface area contributed by atoms with Crippen LogP contribution in [0.3, 0.4) is 0 Å². The predicted octanol–water partition coefficient (Wildman–Crippen LogP) is 3.27. The average Bonchev–Trinajstić information content (AvgIpc) is 2.88. The van der Waals surface area contributed by atoms with Crippen molar-refractivity contribution in [2.24, 2.45) is 0 Å². The average molecular weight is 295 g/mol. The number of fused-ring (bicyclic) bond motifs is 1. The van der Waals surface area contributed by atoms with Crippen LogP contribution in [-0.2, 0) is 13.0 Å². The van der Waals surface area contributed by atoms with Gasteiger partial charge in [0.25, 0.3) is 0 Å². The topological polar surface area (TPSA) is 68.4 Å². The van der Waals surface area contributed by atoms with Crippen molar-refractivity contribution in [2.45, 2.75) is 13.0 Å². The highest BCUT2D eigenvalue weighted by Crippen LogP contribution is 2.22. The van der Waals surface area contributed by atoms with Gasteiger partial charge in [0.05, 0.1) is 6.54 Å². The summed E-state index contributed by atoms with van der Waals surface area (Å²) in [4.78, 5) is 2.25. The summed E-state index contributed by atoms with van der Waals surface area (Å²) in [5.41, 5.74) is 15.2. The first-order chi connectivity index (χ1) is 10.6. The minimum absolute atomic E-state index is 0.761. The fourth-order valence-electron chi connectivity index (χ4n) is 2.54. The van der Waals surface area contributed by atoms with Gasteiger partial charge in [0.15, 0.2) is 0 Å². The van der Waals surface area contributed by atoms with Crippen LogP contribution >= 0.6 is 0 Å². The summed E-state index contributed by atoms with van der Waals surface area (Å²) in [7, 11) is 2.10. The Hall–Kier alpha value is -2.46. The maximum Gasteiger partial charge on any atom is 0.134 e. The summed E-state index contributed by atoms with van der Waals surface area (Å²) in [5.74, 6) is 0.959. The Labute approximate surface area is 130 Å². The third-order valence-corrected chi connectivity index (χ3v) is 3.78. The van der Waals surface area contributed by atoms with Gasteiger partial charge in [-0.25, -0.2) is 0 Å². The molecule has 3 rings (SSSR count). The van der Waals surface area contributed by atoms with Gasteiger partial charge in [0.1, 0.15) is 11.3 Å². The molecule has 3 aromatic rings. The van der Waals surface area contributed by atoms with Crippen molar-refractivity contribution in [3.05, 3.63) is 59.9 Å². The van der Waals surface area contributed by atoms with Crippen molar-refractivity contribution in [1.82, 2.24) is 4.90 Å². The molecule has 2 aromatic carbocycles. The lowest BCUT2D eigenvalue weighted by molar-refractivity contribution is 0.302. The third kappa shape index (κ3) is 3.40. The molecule has 1 heterocycles. The molecule has 0 atom stereocenters. The highest BCUT2D eigenvalue weighted by Gasteiger charge is 2.07. The Morgan fingerprint density at radius 3 is 2.45 bits per heavy atom. The van der Waals surface area contributed by atoms with Crippen molar-refractivity contribution in [1.29, 1.82) is 0 Å².